The summed E-state index contributed by atoms with van der Waals surface area (Å²) < 4.78 is 25.6. The molecule has 0 atom stereocenters. The minimum atomic E-state index is -1.03. The average Bonchev–Trinajstić information content (AvgIpc) is 2.12. The quantitative estimate of drug-likeness (QED) is 0.756. The van der Waals surface area contributed by atoms with Gasteiger partial charge in [-0.3, -0.25) is 0 Å². The highest BCUT2D eigenvalue weighted by atomic mass is 19.2. The summed E-state index contributed by atoms with van der Waals surface area (Å²) in [5.41, 5.74) is -0.0750. The van der Waals surface area contributed by atoms with Crippen molar-refractivity contribution in [3.8, 4) is 5.75 Å². The summed E-state index contributed by atoms with van der Waals surface area (Å²) in [5.74, 6) is -2.29. The van der Waals surface area contributed by atoms with Gasteiger partial charge in [0.2, 0.25) is 0 Å². The van der Waals surface area contributed by atoms with Crippen LogP contribution in [0.2, 0.25) is 0 Å². The van der Waals surface area contributed by atoms with Gasteiger partial charge in [0.05, 0.1) is 0 Å². The third kappa shape index (κ3) is 2.15. The number of aromatic hydroxyl groups is 1. The molecule has 72 valence electrons. The maximum absolute atomic E-state index is 13.0. The van der Waals surface area contributed by atoms with Crippen LogP contribution in [0.3, 0.4) is 0 Å². The molecular weight excluding hydrogens is 178 g/mol. The highest BCUT2D eigenvalue weighted by Gasteiger charge is 2.11. The molecule has 0 bridgehead atoms. The number of hydrogen-bond acceptors (Lipinski definition) is 2. The van der Waals surface area contributed by atoms with Gasteiger partial charge < -0.3 is 10.2 Å². The number of rotatable bonds is 3. The minimum Gasteiger partial charge on any atom is -0.508 e. The van der Waals surface area contributed by atoms with E-state index in [-0.39, 0.29) is 24.3 Å². The number of phenolic OH excluding ortho intramolecular Hbond substituents is 1. The highest BCUT2D eigenvalue weighted by molar-refractivity contribution is 5.34. The zero-order valence-electron chi connectivity index (χ0n) is 6.93. The lowest BCUT2D eigenvalue weighted by atomic mass is 10.1. The fourth-order valence-corrected chi connectivity index (χ4v) is 1.08. The van der Waals surface area contributed by atoms with Crippen molar-refractivity contribution < 1.29 is 19.0 Å². The maximum atomic E-state index is 13.0. The van der Waals surface area contributed by atoms with E-state index in [9.17, 15) is 8.78 Å². The van der Waals surface area contributed by atoms with Crippen molar-refractivity contribution in [2.75, 3.05) is 6.61 Å². The van der Waals surface area contributed by atoms with Crippen LogP contribution < -0.4 is 0 Å². The molecule has 0 aliphatic heterocycles. The number of aliphatic hydroxyl groups is 1. The summed E-state index contributed by atoms with van der Waals surface area (Å²) in [6.45, 7) is -0.116. The van der Waals surface area contributed by atoms with Crippen molar-refractivity contribution in [3.63, 3.8) is 0 Å². The van der Waals surface area contributed by atoms with Crippen molar-refractivity contribution in [3.05, 3.63) is 29.3 Å². The number of benzene rings is 1. The van der Waals surface area contributed by atoms with E-state index in [0.29, 0.717) is 6.42 Å². The second-order valence-corrected chi connectivity index (χ2v) is 2.69. The topological polar surface area (TPSA) is 40.5 Å². The molecule has 0 radical (unpaired) electrons. The molecule has 1 aromatic rings. The van der Waals surface area contributed by atoms with E-state index in [1.54, 1.807) is 0 Å². The molecule has 0 saturated heterocycles. The molecule has 2 nitrogen and oxygen atoms in total. The lowest BCUT2D eigenvalue weighted by Gasteiger charge is -2.05. The summed E-state index contributed by atoms with van der Waals surface area (Å²) in [6.07, 6.45) is 0.430. The molecule has 2 N–H and O–H groups in total. The maximum Gasteiger partial charge on any atom is 0.165 e. The Balaban J connectivity index is 2.96. The molecular formula is C9H10F2O2. The Morgan fingerprint density at radius 3 is 2.54 bits per heavy atom. The summed E-state index contributed by atoms with van der Waals surface area (Å²) in [7, 11) is 0. The van der Waals surface area contributed by atoms with E-state index in [1.807, 2.05) is 0 Å². The molecule has 13 heavy (non-hydrogen) atoms. The third-order valence-corrected chi connectivity index (χ3v) is 1.76. The second-order valence-electron chi connectivity index (χ2n) is 2.69. The Morgan fingerprint density at radius 1 is 1.23 bits per heavy atom. The Morgan fingerprint density at radius 2 is 1.92 bits per heavy atom. The third-order valence-electron chi connectivity index (χ3n) is 1.76. The summed E-state index contributed by atoms with van der Waals surface area (Å²) in [5, 5.41) is 17.6. The van der Waals surface area contributed by atoms with Crippen LogP contribution in [-0.4, -0.2) is 16.8 Å². The molecule has 0 saturated carbocycles. The van der Waals surface area contributed by atoms with Gasteiger partial charge in [-0.05, 0) is 25.0 Å². The van der Waals surface area contributed by atoms with Gasteiger partial charge in [0.25, 0.3) is 0 Å². The van der Waals surface area contributed by atoms with Gasteiger partial charge in [0.1, 0.15) is 5.75 Å². The van der Waals surface area contributed by atoms with Crippen molar-refractivity contribution in [2.45, 2.75) is 12.8 Å². The number of aliphatic hydroxyl groups excluding tert-OH is 1. The molecule has 0 fully saturated rings. The van der Waals surface area contributed by atoms with Gasteiger partial charge in [0, 0.05) is 12.2 Å². The average molecular weight is 188 g/mol. The SMILES string of the molecule is OCCCc1c(O)ccc(F)c1F. The van der Waals surface area contributed by atoms with E-state index in [4.69, 9.17) is 10.2 Å². The molecule has 0 unspecified atom stereocenters. The number of halogens is 2. The van der Waals surface area contributed by atoms with Crippen molar-refractivity contribution in [1.82, 2.24) is 0 Å². The molecule has 0 aromatic heterocycles. The van der Waals surface area contributed by atoms with Crippen molar-refractivity contribution in [1.29, 1.82) is 0 Å². The Kier molecular flexibility index (Phi) is 3.19. The van der Waals surface area contributed by atoms with Crippen LogP contribution >= 0.6 is 0 Å². The molecule has 0 spiro atoms. The van der Waals surface area contributed by atoms with Crippen LogP contribution in [0.15, 0.2) is 12.1 Å². The molecule has 0 amide bonds. The van der Waals surface area contributed by atoms with Crippen molar-refractivity contribution >= 4 is 0 Å². The van der Waals surface area contributed by atoms with Crippen LogP contribution in [-0.2, 0) is 6.42 Å². The smallest absolute Gasteiger partial charge is 0.165 e. The normalized spacial score (nSPS) is 10.4. The van der Waals surface area contributed by atoms with E-state index in [2.05, 4.69) is 0 Å². The van der Waals surface area contributed by atoms with Gasteiger partial charge in [-0.25, -0.2) is 8.78 Å². The number of hydrogen-bond donors (Lipinski definition) is 2. The minimum absolute atomic E-state index is 0.0750. The fraction of sp³-hybridized carbons (Fsp3) is 0.333. The summed E-state index contributed by atoms with van der Waals surface area (Å²) in [4.78, 5) is 0. The first-order valence-electron chi connectivity index (χ1n) is 3.93. The lowest BCUT2D eigenvalue weighted by molar-refractivity contribution is 0.287. The molecule has 4 heteroatoms. The predicted molar refractivity (Wildman–Crippen MR) is 43.4 cm³/mol. The monoisotopic (exact) mass is 188 g/mol. The molecule has 0 heterocycles. The predicted octanol–water partition coefficient (Wildman–Crippen LogP) is 1.60. The molecule has 0 aliphatic rings. The summed E-state index contributed by atoms with van der Waals surface area (Å²) in [6, 6.07) is 1.97. The first-order valence-corrected chi connectivity index (χ1v) is 3.93. The van der Waals surface area contributed by atoms with Gasteiger partial charge in [-0.1, -0.05) is 0 Å². The van der Waals surface area contributed by atoms with E-state index < -0.39 is 11.6 Å². The Bertz CT molecular complexity index is 300. The Labute approximate surface area is 74.4 Å². The van der Waals surface area contributed by atoms with E-state index in [1.165, 1.54) is 0 Å². The van der Waals surface area contributed by atoms with Crippen LogP contribution in [0.25, 0.3) is 0 Å². The molecule has 0 aliphatic carbocycles. The van der Waals surface area contributed by atoms with E-state index >= 15 is 0 Å². The van der Waals surface area contributed by atoms with Crippen LogP contribution in [0.1, 0.15) is 12.0 Å². The van der Waals surface area contributed by atoms with Gasteiger partial charge in [-0.2, -0.15) is 0 Å². The number of phenols is 1. The molecule has 1 aromatic carbocycles. The summed E-state index contributed by atoms with van der Waals surface area (Å²) >= 11 is 0. The first kappa shape index (κ1) is 9.92. The van der Waals surface area contributed by atoms with Gasteiger partial charge in [-0.15, -0.1) is 0 Å². The van der Waals surface area contributed by atoms with Crippen LogP contribution in [0, 0.1) is 11.6 Å². The largest absolute Gasteiger partial charge is 0.508 e. The van der Waals surface area contributed by atoms with Gasteiger partial charge >= 0.3 is 0 Å². The fourth-order valence-electron chi connectivity index (χ4n) is 1.08. The zero-order chi connectivity index (χ0) is 9.84. The lowest BCUT2D eigenvalue weighted by Crippen LogP contribution is -1.97. The van der Waals surface area contributed by atoms with E-state index in [0.717, 1.165) is 12.1 Å². The van der Waals surface area contributed by atoms with Crippen LogP contribution in [0.5, 0.6) is 5.75 Å². The Hall–Kier alpha value is -1.16. The standard InChI is InChI=1S/C9H10F2O2/c10-7-3-4-8(13)6(9(7)11)2-1-5-12/h3-4,12-13H,1-2,5H2. The second kappa shape index (κ2) is 4.18. The first-order chi connectivity index (χ1) is 6.16. The van der Waals surface area contributed by atoms with Crippen molar-refractivity contribution in [2.24, 2.45) is 0 Å². The zero-order valence-corrected chi connectivity index (χ0v) is 6.93. The highest BCUT2D eigenvalue weighted by Crippen LogP contribution is 2.23. The van der Waals surface area contributed by atoms with Gasteiger partial charge in [0.15, 0.2) is 11.6 Å². The molecule has 1 rings (SSSR count). The van der Waals surface area contributed by atoms with Crippen LogP contribution in [0.4, 0.5) is 8.78 Å².